The van der Waals surface area contributed by atoms with Gasteiger partial charge in [0.05, 0.1) is 7.11 Å². The van der Waals surface area contributed by atoms with Crippen LogP contribution in [0.25, 0.3) is 0 Å². The number of nitrogens with zero attached hydrogens (tertiary/aromatic N) is 1. The zero-order chi connectivity index (χ0) is 13.9. The highest BCUT2D eigenvalue weighted by Crippen LogP contribution is 2.35. The normalized spacial score (nSPS) is 19.2. The van der Waals surface area contributed by atoms with E-state index in [1.54, 1.807) is 7.11 Å². The van der Waals surface area contributed by atoms with Crippen LogP contribution < -0.4 is 4.74 Å². The lowest BCUT2D eigenvalue weighted by atomic mass is 9.86. The molecule has 0 saturated carbocycles. The van der Waals surface area contributed by atoms with Crippen molar-refractivity contribution >= 4 is 0 Å². The van der Waals surface area contributed by atoms with Crippen LogP contribution in [0, 0.1) is 0 Å². The van der Waals surface area contributed by atoms with Crippen LogP contribution >= 0.6 is 0 Å². The van der Waals surface area contributed by atoms with E-state index in [1.165, 1.54) is 23.1 Å². The maximum atomic E-state index is 5.38. The van der Waals surface area contributed by atoms with Gasteiger partial charge in [-0.1, -0.05) is 36.4 Å². The molecule has 0 bridgehead atoms. The van der Waals surface area contributed by atoms with Gasteiger partial charge in [0.15, 0.2) is 0 Å². The van der Waals surface area contributed by atoms with E-state index in [1.807, 2.05) is 0 Å². The summed E-state index contributed by atoms with van der Waals surface area (Å²) < 4.78 is 5.38. The quantitative estimate of drug-likeness (QED) is 0.823. The maximum Gasteiger partial charge on any atom is 0.119 e. The molecule has 0 amide bonds. The fraction of sp³-hybridized carbons (Fsp3) is 0.333. The van der Waals surface area contributed by atoms with Crippen molar-refractivity contribution in [1.82, 2.24) is 4.90 Å². The van der Waals surface area contributed by atoms with E-state index in [-0.39, 0.29) is 0 Å². The maximum absolute atomic E-state index is 5.38. The Labute approximate surface area is 121 Å². The molecule has 3 rings (SSSR count). The lowest BCUT2D eigenvalue weighted by Gasteiger charge is -2.18. The first-order valence-electron chi connectivity index (χ1n) is 7.18. The zero-order valence-electron chi connectivity index (χ0n) is 12.2. The summed E-state index contributed by atoms with van der Waals surface area (Å²) in [5.74, 6) is 1.44. The summed E-state index contributed by atoms with van der Waals surface area (Å²) in [5.41, 5.74) is 4.24. The first-order chi connectivity index (χ1) is 9.78. The summed E-state index contributed by atoms with van der Waals surface area (Å²) in [5, 5.41) is 0. The number of hydrogen-bond donors (Lipinski definition) is 0. The highest BCUT2D eigenvalue weighted by atomic mass is 16.5. The fourth-order valence-electron chi connectivity index (χ4n) is 3.09. The first-order valence-corrected chi connectivity index (χ1v) is 7.18. The molecule has 2 heteroatoms. The summed E-state index contributed by atoms with van der Waals surface area (Å²) in [6, 6.07) is 17.3. The Morgan fingerprint density at radius 1 is 1.10 bits per heavy atom. The van der Waals surface area contributed by atoms with Gasteiger partial charge in [0, 0.05) is 12.5 Å². The first kappa shape index (κ1) is 13.2. The molecule has 0 aliphatic carbocycles. The van der Waals surface area contributed by atoms with Crippen LogP contribution in [-0.2, 0) is 6.54 Å². The van der Waals surface area contributed by atoms with Crippen LogP contribution in [-0.4, -0.2) is 25.6 Å². The van der Waals surface area contributed by atoms with E-state index in [2.05, 4.69) is 60.5 Å². The molecule has 1 atom stereocenters. The van der Waals surface area contributed by atoms with Gasteiger partial charge in [0.25, 0.3) is 0 Å². The predicted octanol–water partition coefficient (Wildman–Crippen LogP) is 3.66. The molecule has 2 aromatic rings. The van der Waals surface area contributed by atoms with E-state index < -0.39 is 0 Å². The van der Waals surface area contributed by atoms with Crippen LogP contribution in [0.15, 0.2) is 48.5 Å². The summed E-state index contributed by atoms with van der Waals surface area (Å²) in [4.78, 5) is 2.39. The fourth-order valence-corrected chi connectivity index (χ4v) is 3.09. The van der Waals surface area contributed by atoms with E-state index in [0.29, 0.717) is 5.92 Å². The number of benzene rings is 2. The van der Waals surface area contributed by atoms with Crippen molar-refractivity contribution in [3.8, 4) is 5.75 Å². The molecular formula is C18H21NO. The van der Waals surface area contributed by atoms with Crippen molar-refractivity contribution in [3.05, 3.63) is 65.2 Å². The lowest BCUT2D eigenvalue weighted by molar-refractivity contribution is 0.327. The average Bonchev–Trinajstić information content (AvgIpc) is 2.65. The molecule has 2 aromatic carbocycles. The Balaban J connectivity index is 2.06. The van der Waals surface area contributed by atoms with Gasteiger partial charge < -0.3 is 9.64 Å². The molecule has 104 valence electrons. The number of methoxy groups -OCH3 is 1. The lowest BCUT2D eigenvalue weighted by Crippen LogP contribution is -2.17. The molecule has 1 aliphatic heterocycles. The van der Waals surface area contributed by atoms with Crippen LogP contribution in [0.1, 0.15) is 29.0 Å². The minimum Gasteiger partial charge on any atom is -0.497 e. The largest absolute Gasteiger partial charge is 0.497 e. The van der Waals surface area contributed by atoms with Crippen LogP contribution in [0.5, 0.6) is 5.75 Å². The summed E-state index contributed by atoms with van der Waals surface area (Å²) in [7, 11) is 3.92. The highest BCUT2D eigenvalue weighted by molar-refractivity contribution is 5.43. The molecule has 0 N–H and O–H groups in total. The topological polar surface area (TPSA) is 12.5 Å². The second-order valence-corrected chi connectivity index (χ2v) is 5.55. The molecular weight excluding hydrogens is 246 g/mol. The summed E-state index contributed by atoms with van der Waals surface area (Å²) in [6.45, 7) is 2.12. The third kappa shape index (κ3) is 2.56. The van der Waals surface area contributed by atoms with Gasteiger partial charge in [-0.25, -0.2) is 0 Å². The second-order valence-electron chi connectivity index (χ2n) is 5.55. The molecule has 0 saturated heterocycles. The van der Waals surface area contributed by atoms with Crippen molar-refractivity contribution in [2.75, 3.05) is 20.7 Å². The van der Waals surface area contributed by atoms with E-state index in [9.17, 15) is 0 Å². The number of rotatable bonds is 2. The Hall–Kier alpha value is -1.80. The molecule has 0 aromatic heterocycles. The minimum absolute atomic E-state index is 0.488. The van der Waals surface area contributed by atoms with Crippen molar-refractivity contribution in [1.29, 1.82) is 0 Å². The summed E-state index contributed by atoms with van der Waals surface area (Å²) >= 11 is 0. The summed E-state index contributed by atoms with van der Waals surface area (Å²) in [6.07, 6.45) is 1.17. The number of ether oxygens (including phenoxy) is 1. The third-order valence-electron chi connectivity index (χ3n) is 4.17. The Bertz CT molecular complexity index is 579. The number of hydrogen-bond acceptors (Lipinski definition) is 2. The monoisotopic (exact) mass is 267 g/mol. The van der Waals surface area contributed by atoms with Crippen LogP contribution in [0.2, 0.25) is 0 Å². The van der Waals surface area contributed by atoms with Crippen LogP contribution in [0.4, 0.5) is 0 Å². The molecule has 1 unspecified atom stereocenters. The number of fused-ring (bicyclic) bond motifs is 1. The molecule has 20 heavy (non-hydrogen) atoms. The smallest absolute Gasteiger partial charge is 0.119 e. The third-order valence-corrected chi connectivity index (χ3v) is 4.17. The van der Waals surface area contributed by atoms with E-state index >= 15 is 0 Å². The molecule has 0 radical (unpaired) electrons. The van der Waals surface area contributed by atoms with Crippen molar-refractivity contribution in [2.24, 2.45) is 0 Å². The van der Waals surface area contributed by atoms with Gasteiger partial charge in [-0.05, 0) is 48.8 Å². The SMILES string of the molecule is COc1ccc2c(c1)CN(C)CCC2c1ccccc1. The zero-order valence-corrected chi connectivity index (χ0v) is 12.2. The molecule has 2 nitrogen and oxygen atoms in total. The Morgan fingerprint density at radius 2 is 1.90 bits per heavy atom. The minimum atomic E-state index is 0.488. The van der Waals surface area contributed by atoms with Crippen molar-refractivity contribution in [3.63, 3.8) is 0 Å². The standard InChI is InChI=1S/C18H21NO/c1-19-11-10-18(14-6-4-3-5-7-14)17-9-8-16(20-2)12-15(17)13-19/h3-9,12,18H,10-11,13H2,1-2H3. The van der Waals surface area contributed by atoms with Crippen molar-refractivity contribution < 1.29 is 4.74 Å². The van der Waals surface area contributed by atoms with Gasteiger partial charge in [0.2, 0.25) is 0 Å². The van der Waals surface area contributed by atoms with E-state index in [4.69, 9.17) is 4.74 Å². The Kier molecular flexibility index (Phi) is 3.75. The molecule has 0 fully saturated rings. The molecule has 1 heterocycles. The average molecular weight is 267 g/mol. The highest BCUT2D eigenvalue weighted by Gasteiger charge is 2.22. The van der Waals surface area contributed by atoms with E-state index in [0.717, 1.165) is 18.8 Å². The van der Waals surface area contributed by atoms with Crippen LogP contribution in [0.3, 0.4) is 0 Å². The van der Waals surface area contributed by atoms with Gasteiger partial charge >= 0.3 is 0 Å². The van der Waals surface area contributed by atoms with Gasteiger partial charge in [-0.2, -0.15) is 0 Å². The van der Waals surface area contributed by atoms with Crippen molar-refractivity contribution in [2.45, 2.75) is 18.9 Å². The molecule has 0 spiro atoms. The second kappa shape index (κ2) is 5.68. The van der Waals surface area contributed by atoms with Gasteiger partial charge in [0.1, 0.15) is 5.75 Å². The Morgan fingerprint density at radius 3 is 2.65 bits per heavy atom. The molecule has 1 aliphatic rings. The van der Waals surface area contributed by atoms with Gasteiger partial charge in [-0.15, -0.1) is 0 Å². The van der Waals surface area contributed by atoms with Gasteiger partial charge in [-0.3, -0.25) is 0 Å². The predicted molar refractivity (Wildman–Crippen MR) is 82.2 cm³/mol.